The summed E-state index contributed by atoms with van der Waals surface area (Å²) in [4.78, 5) is 18.0. The molecule has 1 saturated heterocycles. The van der Waals surface area contributed by atoms with E-state index in [1.807, 2.05) is 31.2 Å². The van der Waals surface area contributed by atoms with Crippen molar-refractivity contribution in [2.45, 2.75) is 33.7 Å². The maximum atomic E-state index is 12.5. The topological polar surface area (TPSA) is 57.4 Å². The highest BCUT2D eigenvalue weighted by atomic mass is 16.5. The molecule has 30 heavy (non-hydrogen) atoms. The molecule has 0 radical (unpaired) electrons. The van der Waals surface area contributed by atoms with Crippen LogP contribution in [0.4, 0.5) is 11.4 Å². The molecule has 0 unspecified atom stereocenters. The molecule has 1 aromatic heterocycles. The highest BCUT2D eigenvalue weighted by Gasteiger charge is 2.21. The van der Waals surface area contributed by atoms with Crippen LogP contribution in [0.3, 0.4) is 0 Å². The lowest BCUT2D eigenvalue weighted by Crippen LogP contribution is -2.38. The number of piperidine rings is 1. The number of fused-ring (bicyclic) bond motifs is 1. The Morgan fingerprint density at radius 3 is 2.50 bits per heavy atom. The number of pyridine rings is 1. The molecule has 0 amide bonds. The summed E-state index contributed by atoms with van der Waals surface area (Å²) < 4.78 is 5.52. The summed E-state index contributed by atoms with van der Waals surface area (Å²) in [6.45, 7) is 9.93. The van der Waals surface area contributed by atoms with Gasteiger partial charge in [0.25, 0.3) is 5.56 Å². The number of H-pyrrole nitrogens is 1. The quantitative estimate of drug-likeness (QED) is 0.604. The van der Waals surface area contributed by atoms with Crippen LogP contribution in [-0.4, -0.2) is 24.7 Å². The van der Waals surface area contributed by atoms with Crippen molar-refractivity contribution in [1.29, 1.82) is 0 Å². The van der Waals surface area contributed by atoms with E-state index in [4.69, 9.17) is 4.74 Å². The zero-order valence-electron chi connectivity index (χ0n) is 18.1. The first-order chi connectivity index (χ1) is 14.5. The fourth-order valence-corrected chi connectivity index (χ4v) is 4.47. The lowest BCUT2D eigenvalue weighted by molar-refractivity contribution is 0.340. The summed E-state index contributed by atoms with van der Waals surface area (Å²) >= 11 is 0. The van der Waals surface area contributed by atoms with Crippen LogP contribution >= 0.6 is 0 Å². The first kappa shape index (κ1) is 20.3. The monoisotopic (exact) mass is 405 g/mol. The van der Waals surface area contributed by atoms with Gasteiger partial charge in [0.1, 0.15) is 5.75 Å². The van der Waals surface area contributed by atoms with Gasteiger partial charge < -0.3 is 19.9 Å². The predicted molar refractivity (Wildman–Crippen MR) is 125 cm³/mol. The molecule has 2 atom stereocenters. The van der Waals surface area contributed by atoms with Gasteiger partial charge in [-0.25, -0.2) is 0 Å². The smallest absolute Gasteiger partial charge is 0.253 e. The summed E-state index contributed by atoms with van der Waals surface area (Å²) in [6, 6.07) is 16.3. The summed E-state index contributed by atoms with van der Waals surface area (Å²) in [5.41, 5.74) is 3.73. The maximum Gasteiger partial charge on any atom is 0.253 e. The van der Waals surface area contributed by atoms with E-state index in [1.165, 1.54) is 12.1 Å². The molecule has 2 heterocycles. The minimum Gasteiger partial charge on any atom is -0.494 e. The van der Waals surface area contributed by atoms with E-state index in [0.717, 1.165) is 52.8 Å². The molecule has 1 aliphatic rings. The Hall–Kier alpha value is -2.95. The molecule has 5 heteroatoms. The fourth-order valence-electron chi connectivity index (χ4n) is 4.47. The Labute approximate surface area is 178 Å². The third-order valence-electron chi connectivity index (χ3n) is 5.79. The Morgan fingerprint density at radius 1 is 1.07 bits per heavy atom. The molecule has 4 rings (SSSR count). The van der Waals surface area contributed by atoms with Gasteiger partial charge in [-0.3, -0.25) is 4.79 Å². The zero-order valence-corrected chi connectivity index (χ0v) is 18.1. The van der Waals surface area contributed by atoms with Crippen LogP contribution in [0.25, 0.3) is 10.9 Å². The molecule has 2 aromatic carbocycles. The number of nitrogens with one attached hydrogen (secondary N) is 2. The molecule has 1 aliphatic heterocycles. The highest BCUT2D eigenvalue weighted by Crippen LogP contribution is 2.27. The molecule has 5 nitrogen and oxygen atoms in total. The molecule has 3 aromatic rings. The van der Waals surface area contributed by atoms with Crippen molar-refractivity contribution in [3.63, 3.8) is 0 Å². The van der Waals surface area contributed by atoms with Gasteiger partial charge in [-0.15, -0.1) is 0 Å². The van der Waals surface area contributed by atoms with E-state index < -0.39 is 0 Å². The second-order valence-corrected chi connectivity index (χ2v) is 8.56. The van der Waals surface area contributed by atoms with Crippen LogP contribution in [0.5, 0.6) is 5.75 Å². The largest absolute Gasteiger partial charge is 0.494 e. The SMILES string of the molecule is CCOc1ccc2cc(CNc3ccc(N4C[C@H](C)C[C@H](C)C4)cc3)c(=O)[nH]c2c1. The zero-order chi connectivity index (χ0) is 21.1. The van der Waals surface area contributed by atoms with Crippen LogP contribution < -0.4 is 20.5 Å². The van der Waals surface area contributed by atoms with Gasteiger partial charge in [0.2, 0.25) is 0 Å². The molecule has 0 spiro atoms. The number of benzene rings is 2. The van der Waals surface area contributed by atoms with Crippen molar-refractivity contribution in [1.82, 2.24) is 4.98 Å². The Kier molecular flexibility index (Phi) is 5.98. The average molecular weight is 406 g/mol. The van der Waals surface area contributed by atoms with Crippen molar-refractivity contribution in [3.8, 4) is 5.75 Å². The van der Waals surface area contributed by atoms with Gasteiger partial charge in [0, 0.05) is 42.6 Å². The lowest BCUT2D eigenvalue weighted by atomic mass is 9.91. The molecule has 0 saturated carbocycles. The van der Waals surface area contributed by atoms with Crippen molar-refractivity contribution < 1.29 is 4.74 Å². The van der Waals surface area contributed by atoms with Crippen molar-refractivity contribution in [2.75, 3.05) is 29.9 Å². The van der Waals surface area contributed by atoms with E-state index >= 15 is 0 Å². The maximum absolute atomic E-state index is 12.5. The van der Waals surface area contributed by atoms with Crippen LogP contribution in [-0.2, 0) is 6.54 Å². The predicted octanol–water partition coefficient (Wildman–Crippen LogP) is 5.02. The number of hydrogen-bond donors (Lipinski definition) is 2. The Bertz CT molecular complexity index is 1050. The number of anilines is 2. The van der Waals surface area contributed by atoms with Crippen molar-refractivity contribution in [3.05, 3.63) is 64.4 Å². The van der Waals surface area contributed by atoms with Gasteiger partial charge >= 0.3 is 0 Å². The average Bonchev–Trinajstić information content (AvgIpc) is 2.72. The molecule has 0 bridgehead atoms. The van der Waals surface area contributed by atoms with E-state index in [0.29, 0.717) is 13.2 Å². The van der Waals surface area contributed by atoms with E-state index in [2.05, 4.69) is 53.3 Å². The molecule has 0 aliphatic carbocycles. The molecular weight excluding hydrogens is 374 g/mol. The van der Waals surface area contributed by atoms with Gasteiger partial charge in [0.05, 0.1) is 12.1 Å². The van der Waals surface area contributed by atoms with E-state index in [9.17, 15) is 4.79 Å². The number of hydrogen-bond acceptors (Lipinski definition) is 4. The number of aromatic amines is 1. The van der Waals surface area contributed by atoms with Crippen LogP contribution in [0.1, 0.15) is 32.8 Å². The van der Waals surface area contributed by atoms with Crippen LogP contribution in [0.15, 0.2) is 53.3 Å². The van der Waals surface area contributed by atoms with Gasteiger partial charge in [0.15, 0.2) is 0 Å². The summed E-state index contributed by atoms with van der Waals surface area (Å²) in [5.74, 6) is 2.23. The van der Waals surface area contributed by atoms with Crippen molar-refractivity contribution in [2.24, 2.45) is 11.8 Å². The van der Waals surface area contributed by atoms with Gasteiger partial charge in [-0.1, -0.05) is 13.8 Å². The van der Waals surface area contributed by atoms with Crippen LogP contribution in [0.2, 0.25) is 0 Å². The number of ether oxygens (including phenoxy) is 1. The number of nitrogens with zero attached hydrogens (tertiary/aromatic N) is 1. The summed E-state index contributed by atoms with van der Waals surface area (Å²) in [7, 11) is 0. The standard InChI is InChI=1S/C25H31N3O2/c1-4-30-23-10-5-19-12-20(25(29)27-24(19)13-23)14-26-21-6-8-22(9-7-21)28-15-17(2)11-18(3)16-28/h5-10,12-13,17-18,26H,4,11,14-16H2,1-3H3,(H,27,29)/t17-,18+. The molecular formula is C25H31N3O2. The normalized spacial score (nSPS) is 19.1. The number of aromatic nitrogens is 1. The third-order valence-corrected chi connectivity index (χ3v) is 5.79. The molecule has 2 N–H and O–H groups in total. The summed E-state index contributed by atoms with van der Waals surface area (Å²) in [5, 5.41) is 4.38. The third kappa shape index (κ3) is 4.61. The molecule has 1 fully saturated rings. The second kappa shape index (κ2) is 8.82. The van der Waals surface area contributed by atoms with E-state index in [-0.39, 0.29) is 5.56 Å². The summed E-state index contributed by atoms with van der Waals surface area (Å²) in [6.07, 6.45) is 1.31. The first-order valence-electron chi connectivity index (χ1n) is 10.9. The fraction of sp³-hybridized carbons (Fsp3) is 0.400. The van der Waals surface area contributed by atoms with Gasteiger partial charge in [-0.2, -0.15) is 0 Å². The van der Waals surface area contributed by atoms with E-state index in [1.54, 1.807) is 0 Å². The Balaban J connectivity index is 1.44. The molecule has 158 valence electrons. The van der Waals surface area contributed by atoms with Crippen molar-refractivity contribution >= 4 is 22.3 Å². The van der Waals surface area contributed by atoms with Crippen LogP contribution in [0, 0.1) is 11.8 Å². The minimum absolute atomic E-state index is 0.0726. The second-order valence-electron chi connectivity index (χ2n) is 8.56. The Morgan fingerprint density at radius 2 is 1.80 bits per heavy atom. The van der Waals surface area contributed by atoms with Gasteiger partial charge in [-0.05, 0) is 73.0 Å². The first-order valence-corrected chi connectivity index (χ1v) is 10.9. The number of rotatable bonds is 6. The minimum atomic E-state index is -0.0726. The lowest BCUT2D eigenvalue weighted by Gasteiger charge is -2.36. The highest BCUT2D eigenvalue weighted by molar-refractivity contribution is 5.80.